The number of ketones is 1. The lowest BCUT2D eigenvalue weighted by Crippen LogP contribution is -2.00. The second-order valence-corrected chi connectivity index (χ2v) is 8.73. The monoisotopic (exact) mass is 452 g/mol. The van der Waals surface area contributed by atoms with E-state index in [0.29, 0.717) is 45.4 Å². The number of Topliss-reactive ketones (excluding diaryl/α,β-unsaturated/α-hetero) is 1. The van der Waals surface area contributed by atoms with Gasteiger partial charge in [-0.3, -0.25) is 4.79 Å². The first kappa shape index (κ1) is 21.5. The van der Waals surface area contributed by atoms with Gasteiger partial charge in [0, 0.05) is 6.07 Å². The summed E-state index contributed by atoms with van der Waals surface area (Å²) in [4.78, 5) is 12.9. The average molecular weight is 453 g/mol. The summed E-state index contributed by atoms with van der Waals surface area (Å²) in [6, 6.07) is 17.1. The number of allylic oxidation sites excluding steroid dienone is 1. The van der Waals surface area contributed by atoms with E-state index in [4.69, 9.17) is 32.7 Å². The molecule has 0 N–H and O–H groups in total. The van der Waals surface area contributed by atoms with Gasteiger partial charge in [-0.2, -0.15) is 0 Å². The Hall–Kier alpha value is -2.75. The fourth-order valence-corrected chi connectivity index (χ4v) is 3.81. The van der Waals surface area contributed by atoms with Gasteiger partial charge >= 0.3 is 0 Å². The first-order valence-electron chi connectivity index (χ1n) is 10.1. The topological polar surface area (TPSA) is 35.5 Å². The van der Waals surface area contributed by atoms with E-state index in [0.717, 1.165) is 16.7 Å². The van der Waals surface area contributed by atoms with Crippen LogP contribution in [0.15, 0.2) is 60.4 Å². The fraction of sp³-hybridized carbons (Fsp3) is 0.192. The van der Waals surface area contributed by atoms with Crippen LogP contribution in [0.5, 0.6) is 11.5 Å². The molecule has 0 saturated heterocycles. The molecule has 0 radical (unpaired) electrons. The summed E-state index contributed by atoms with van der Waals surface area (Å²) < 4.78 is 11.8. The number of rotatable bonds is 5. The van der Waals surface area contributed by atoms with Crippen LogP contribution in [0.2, 0.25) is 10.0 Å². The van der Waals surface area contributed by atoms with Gasteiger partial charge in [0.15, 0.2) is 5.76 Å². The number of hydrogen-bond acceptors (Lipinski definition) is 3. The molecule has 0 atom stereocenters. The summed E-state index contributed by atoms with van der Waals surface area (Å²) in [5.74, 6) is 1.80. The SMILES string of the molecule is Cc1cc(OCc2ccc(Cl)c(Cl)c2)cc2c1C(=O)/C(=C/c1ccc(C(C)C)cc1)O2. The minimum Gasteiger partial charge on any atom is -0.489 e. The highest BCUT2D eigenvalue weighted by molar-refractivity contribution is 6.42. The van der Waals surface area contributed by atoms with Crippen LogP contribution < -0.4 is 9.47 Å². The third-order valence-corrected chi connectivity index (χ3v) is 5.97. The van der Waals surface area contributed by atoms with E-state index in [1.807, 2.05) is 31.2 Å². The molecular weight excluding hydrogens is 431 g/mol. The molecule has 158 valence electrons. The molecule has 1 aliphatic rings. The molecule has 4 rings (SSSR count). The van der Waals surface area contributed by atoms with Gasteiger partial charge in [-0.25, -0.2) is 0 Å². The maximum atomic E-state index is 12.9. The Morgan fingerprint density at radius 1 is 1.00 bits per heavy atom. The summed E-state index contributed by atoms with van der Waals surface area (Å²) in [7, 11) is 0. The van der Waals surface area contributed by atoms with E-state index in [9.17, 15) is 4.79 Å². The van der Waals surface area contributed by atoms with Gasteiger partial charge < -0.3 is 9.47 Å². The number of carbonyl (C=O) groups excluding carboxylic acids is 1. The Morgan fingerprint density at radius 2 is 1.74 bits per heavy atom. The molecule has 0 fully saturated rings. The predicted octanol–water partition coefficient (Wildman–Crippen LogP) is 7.62. The normalized spacial score (nSPS) is 14.1. The summed E-state index contributed by atoms with van der Waals surface area (Å²) in [6.45, 7) is 6.51. The van der Waals surface area contributed by atoms with Crippen molar-refractivity contribution in [2.24, 2.45) is 0 Å². The van der Waals surface area contributed by atoms with E-state index in [1.54, 1.807) is 24.3 Å². The molecular formula is C26H22Cl2O3. The second kappa shape index (κ2) is 8.78. The van der Waals surface area contributed by atoms with Gasteiger partial charge in [0.2, 0.25) is 5.78 Å². The summed E-state index contributed by atoms with van der Waals surface area (Å²) in [5.41, 5.74) is 4.46. The highest BCUT2D eigenvalue weighted by Crippen LogP contribution is 2.38. The molecule has 3 aromatic rings. The summed E-state index contributed by atoms with van der Waals surface area (Å²) >= 11 is 12.0. The van der Waals surface area contributed by atoms with Gasteiger partial charge in [0.1, 0.15) is 18.1 Å². The van der Waals surface area contributed by atoms with E-state index in [-0.39, 0.29) is 5.78 Å². The van der Waals surface area contributed by atoms with E-state index in [2.05, 4.69) is 26.0 Å². The lowest BCUT2D eigenvalue weighted by atomic mass is 10.0. The molecule has 3 nitrogen and oxygen atoms in total. The van der Waals surface area contributed by atoms with Crippen LogP contribution in [-0.2, 0) is 6.61 Å². The highest BCUT2D eigenvalue weighted by Gasteiger charge is 2.30. The second-order valence-electron chi connectivity index (χ2n) is 7.91. The number of carbonyl (C=O) groups is 1. The number of benzene rings is 3. The van der Waals surface area contributed by atoms with Crippen LogP contribution in [-0.4, -0.2) is 5.78 Å². The Labute approximate surface area is 192 Å². The Morgan fingerprint density at radius 3 is 2.42 bits per heavy atom. The quantitative estimate of drug-likeness (QED) is 0.373. The van der Waals surface area contributed by atoms with E-state index in [1.165, 1.54) is 5.56 Å². The molecule has 31 heavy (non-hydrogen) atoms. The minimum absolute atomic E-state index is 0.114. The predicted molar refractivity (Wildman–Crippen MR) is 125 cm³/mol. The summed E-state index contributed by atoms with van der Waals surface area (Å²) in [5, 5.41) is 0.988. The van der Waals surface area contributed by atoms with Gasteiger partial charge in [0.25, 0.3) is 0 Å². The Bertz CT molecular complexity index is 1180. The Kier molecular flexibility index (Phi) is 6.08. The maximum absolute atomic E-state index is 12.9. The smallest absolute Gasteiger partial charge is 0.232 e. The van der Waals surface area contributed by atoms with Crippen molar-refractivity contribution in [1.82, 2.24) is 0 Å². The van der Waals surface area contributed by atoms with Crippen LogP contribution in [0.25, 0.3) is 6.08 Å². The van der Waals surface area contributed by atoms with Crippen molar-refractivity contribution in [2.75, 3.05) is 0 Å². The van der Waals surface area contributed by atoms with Gasteiger partial charge in [-0.1, -0.05) is 67.4 Å². The molecule has 0 amide bonds. The molecule has 0 spiro atoms. The zero-order valence-electron chi connectivity index (χ0n) is 17.5. The number of fused-ring (bicyclic) bond motifs is 1. The fourth-order valence-electron chi connectivity index (χ4n) is 3.49. The van der Waals surface area contributed by atoms with Crippen molar-refractivity contribution in [1.29, 1.82) is 0 Å². The third kappa shape index (κ3) is 4.63. The standard InChI is InChI=1S/C26H22Cl2O3/c1-15(2)19-7-4-17(5-8-19)12-24-26(29)25-16(3)10-20(13-23(25)31-24)30-14-18-6-9-21(27)22(28)11-18/h4-13,15H,14H2,1-3H3/b24-12-. The molecule has 5 heteroatoms. The van der Waals surface area contributed by atoms with Crippen LogP contribution in [0.1, 0.15) is 52.4 Å². The zero-order valence-corrected chi connectivity index (χ0v) is 19.1. The number of aryl methyl sites for hydroxylation is 1. The van der Waals surface area contributed by atoms with Gasteiger partial charge in [-0.15, -0.1) is 0 Å². The number of ether oxygens (including phenoxy) is 2. The molecule has 0 aliphatic carbocycles. The lowest BCUT2D eigenvalue weighted by molar-refractivity contribution is 0.101. The van der Waals surface area contributed by atoms with Crippen LogP contribution in [0.4, 0.5) is 0 Å². The summed E-state index contributed by atoms with van der Waals surface area (Å²) in [6.07, 6.45) is 1.78. The number of halogens is 2. The Balaban J connectivity index is 1.53. The van der Waals surface area contributed by atoms with E-state index < -0.39 is 0 Å². The molecule has 1 heterocycles. The molecule has 1 aliphatic heterocycles. The largest absolute Gasteiger partial charge is 0.489 e. The van der Waals surface area contributed by atoms with Crippen LogP contribution in [0.3, 0.4) is 0 Å². The molecule has 0 saturated carbocycles. The van der Waals surface area contributed by atoms with Crippen molar-refractivity contribution in [3.63, 3.8) is 0 Å². The molecule has 0 aromatic heterocycles. The van der Waals surface area contributed by atoms with E-state index >= 15 is 0 Å². The lowest BCUT2D eigenvalue weighted by Gasteiger charge is -2.10. The highest BCUT2D eigenvalue weighted by atomic mass is 35.5. The average Bonchev–Trinajstić information content (AvgIpc) is 3.05. The first-order chi connectivity index (χ1) is 14.8. The molecule has 3 aromatic carbocycles. The first-order valence-corrected chi connectivity index (χ1v) is 10.8. The maximum Gasteiger partial charge on any atom is 0.232 e. The van der Waals surface area contributed by atoms with Crippen molar-refractivity contribution in [2.45, 2.75) is 33.3 Å². The third-order valence-electron chi connectivity index (χ3n) is 5.23. The van der Waals surface area contributed by atoms with Crippen molar-refractivity contribution in [3.05, 3.63) is 98.2 Å². The van der Waals surface area contributed by atoms with Crippen molar-refractivity contribution >= 4 is 35.1 Å². The van der Waals surface area contributed by atoms with Crippen molar-refractivity contribution < 1.29 is 14.3 Å². The van der Waals surface area contributed by atoms with Crippen LogP contribution in [0, 0.1) is 6.92 Å². The van der Waals surface area contributed by atoms with Gasteiger partial charge in [0.05, 0.1) is 15.6 Å². The van der Waals surface area contributed by atoms with Gasteiger partial charge in [-0.05, 0) is 59.4 Å². The van der Waals surface area contributed by atoms with Crippen LogP contribution >= 0.6 is 23.2 Å². The molecule has 0 unspecified atom stereocenters. The number of hydrogen-bond donors (Lipinski definition) is 0. The van der Waals surface area contributed by atoms with Crippen molar-refractivity contribution in [3.8, 4) is 11.5 Å². The minimum atomic E-state index is -0.114. The molecule has 0 bridgehead atoms. The zero-order chi connectivity index (χ0) is 22.1.